The number of hydrogen-bond donors (Lipinski definition) is 0. The van der Waals surface area contributed by atoms with Gasteiger partial charge in [0.15, 0.2) is 5.60 Å². The standard InChI is InChI=1S/C20H20N2O2/c1-23-22-19-17-12-6-7-13-18(17)20(24-19,14-8-3-9-15-21)16-10-4-2-5-11-16/h2,4-7,10-13H,3,8-9,14H2,1H3/b22-19-. The molecule has 3 rings (SSSR count). The maximum atomic E-state index is 8.79. The first-order chi connectivity index (χ1) is 11.8. The minimum Gasteiger partial charge on any atom is -0.459 e. The van der Waals surface area contributed by atoms with E-state index in [0.29, 0.717) is 12.3 Å². The van der Waals surface area contributed by atoms with Gasteiger partial charge in [0.25, 0.3) is 5.90 Å². The van der Waals surface area contributed by atoms with Crippen LogP contribution in [0.1, 0.15) is 42.4 Å². The van der Waals surface area contributed by atoms with Crippen molar-refractivity contribution in [3.63, 3.8) is 0 Å². The van der Waals surface area contributed by atoms with Gasteiger partial charge in [-0.15, -0.1) is 0 Å². The number of benzene rings is 2. The highest BCUT2D eigenvalue weighted by Crippen LogP contribution is 2.45. The van der Waals surface area contributed by atoms with E-state index in [4.69, 9.17) is 14.8 Å². The fourth-order valence-electron chi connectivity index (χ4n) is 3.28. The number of unbranched alkanes of at least 4 members (excludes halogenated alkanes) is 2. The topological polar surface area (TPSA) is 54.6 Å². The molecule has 1 heterocycles. The molecule has 0 fully saturated rings. The third-order valence-corrected chi connectivity index (χ3v) is 4.35. The lowest BCUT2D eigenvalue weighted by atomic mass is 9.81. The van der Waals surface area contributed by atoms with Gasteiger partial charge in [-0.05, 0) is 30.5 Å². The normalized spacial score (nSPS) is 20.2. The maximum absolute atomic E-state index is 8.79. The molecule has 1 atom stereocenters. The Morgan fingerprint density at radius 1 is 1.08 bits per heavy atom. The number of rotatable bonds is 6. The number of ether oxygens (including phenoxy) is 1. The van der Waals surface area contributed by atoms with Crippen LogP contribution in [0.15, 0.2) is 59.8 Å². The number of oxime groups is 1. The van der Waals surface area contributed by atoms with Crippen molar-refractivity contribution < 1.29 is 9.57 Å². The zero-order valence-corrected chi connectivity index (χ0v) is 13.7. The zero-order chi connectivity index (χ0) is 16.8. The van der Waals surface area contributed by atoms with Gasteiger partial charge in [-0.25, -0.2) is 0 Å². The Labute approximate surface area is 142 Å². The molecular weight excluding hydrogens is 300 g/mol. The second-order valence-electron chi connectivity index (χ2n) is 5.78. The zero-order valence-electron chi connectivity index (χ0n) is 13.7. The molecule has 0 N–H and O–H groups in total. The van der Waals surface area contributed by atoms with Crippen LogP contribution in [0.25, 0.3) is 0 Å². The van der Waals surface area contributed by atoms with Gasteiger partial charge in [0, 0.05) is 23.1 Å². The van der Waals surface area contributed by atoms with Crippen LogP contribution in [-0.2, 0) is 15.2 Å². The van der Waals surface area contributed by atoms with Crippen LogP contribution < -0.4 is 0 Å². The first-order valence-corrected chi connectivity index (χ1v) is 8.14. The number of fused-ring (bicyclic) bond motifs is 1. The first kappa shape index (κ1) is 16.1. The second-order valence-corrected chi connectivity index (χ2v) is 5.78. The summed E-state index contributed by atoms with van der Waals surface area (Å²) < 4.78 is 6.37. The first-order valence-electron chi connectivity index (χ1n) is 8.14. The van der Waals surface area contributed by atoms with E-state index in [-0.39, 0.29) is 0 Å². The van der Waals surface area contributed by atoms with Gasteiger partial charge in [-0.3, -0.25) is 0 Å². The molecule has 4 nitrogen and oxygen atoms in total. The van der Waals surface area contributed by atoms with E-state index in [1.54, 1.807) is 0 Å². The van der Waals surface area contributed by atoms with Gasteiger partial charge in [0.05, 0.1) is 6.07 Å². The van der Waals surface area contributed by atoms with Crippen LogP contribution in [0.5, 0.6) is 0 Å². The molecule has 0 amide bonds. The van der Waals surface area contributed by atoms with Crippen molar-refractivity contribution in [1.82, 2.24) is 0 Å². The molecule has 0 saturated heterocycles. The molecule has 0 saturated carbocycles. The van der Waals surface area contributed by atoms with Crippen LogP contribution in [0.3, 0.4) is 0 Å². The summed E-state index contributed by atoms with van der Waals surface area (Å²) in [5.41, 5.74) is 2.58. The molecule has 1 aliphatic heterocycles. The smallest absolute Gasteiger partial charge is 0.259 e. The molecule has 1 unspecified atom stereocenters. The molecule has 24 heavy (non-hydrogen) atoms. The number of nitriles is 1. The van der Waals surface area contributed by atoms with Crippen molar-refractivity contribution in [3.05, 3.63) is 71.3 Å². The van der Waals surface area contributed by atoms with Gasteiger partial charge in [-0.1, -0.05) is 48.5 Å². The van der Waals surface area contributed by atoms with Crippen molar-refractivity contribution in [1.29, 1.82) is 5.26 Å². The Hall–Kier alpha value is -2.80. The maximum Gasteiger partial charge on any atom is 0.259 e. The molecule has 0 aliphatic carbocycles. The summed E-state index contributed by atoms with van der Waals surface area (Å²) in [4.78, 5) is 4.97. The van der Waals surface area contributed by atoms with Crippen molar-refractivity contribution in [3.8, 4) is 6.07 Å². The van der Waals surface area contributed by atoms with Crippen molar-refractivity contribution in [2.75, 3.05) is 7.11 Å². The second kappa shape index (κ2) is 7.18. The minimum atomic E-state index is -0.579. The largest absolute Gasteiger partial charge is 0.459 e. The predicted octanol–water partition coefficient (Wildman–Crippen LogP) is 4.35. The van der Waals surface area contributed by atoms with E-state index in [0.717, 1.165) is 36.0 Å². The minimum absolute atomic E-state index is 0.511. The molecule has 2 aromatic carbocycles. The summed E-state index contributed by atoms with van der Waals surface area (Å²) in [6.45, 7) is 0. The molecule has 2 aromatic rings. The third kappa shape index (κ3) is 2.85. The number of nitrogens with zero attached hydrogens (tertiary/aromatic N) is 2. The van der Waals surface area contributed by atoms with Crippen molar-refractivity contribution in [2.24, 2.45) is 5.16 Å². The summed E-state index contributed by atoms with van der Waals surface area (Å²) in [5, 5.41) is 12.9. The molecule has 0 aromatic heterocycles. The summed E-state index contributed by atoms with van der Waals surface area (Å²) >= 11 is 0. The fraction of sp³-hybridized carbons (Fsp3) is 0.300. The van der Waals surface area contributed by atoms with Gasteiger partial charge < -0.3 is 9.57 Å². The quantitative estimate of drug-likeness (QED) is 0.587. The Bertz CT molecular complexity index is 765. The highest BCUT2D eigenvalue weighted by atomic mass is 16.6. The van der Waals surface area contributed by atoms with Gasteiger partial charge in [-0.2, -0.15) is 5.26 Å². The van der Waals surface area contributed by atoms with E-state index in [2.05, 4.69) is 29.4 Å². The van der Waals surface area contributed by atoms with Crippen LogP contribution in [0.4, 0.5) is 0 Å². The number of hydrogen-bond acceptors (Lipinski definition) is 4. The van der Waals surface area contributed by atoms with Gasteiger partial charge >= 0.3 is 0 Å². The Morgan fingerprint density at radius 3 is 2.58 bits per heavy atom. The van der Waals surface area contributed by atoms with E-state index in [1.807, 2.05) is 36.4 Å². The third-order valence-electron chi connectivity index (χ3n) is 4.35. The SMILES string of the molecule is CO/N=C1\OC(CCCCC#N)(c2ccccc2)c2ccccc21. The summed E-state index contributed by atoms with van der Waals surface area (Å²) in [6, 6.07) is 20.5. The summed E-state index contributed by atoms with van der Waals surface area (Å²) in [6.07, 6.45) is 3.11. The van der Waals surface area contributed by atoms with Crippen molar-refractivity contribution in [2.45, 2.75) is 31.3 Å². The molecule has 0 bridgehead atoms. The Kier molecular flexibility index (Phi) is 4.81. The summed E-state index contributed by atoms with van der Waals surface area (Å²) in [7, 11) is 1.52. The van der Waals surface area contributed by atoms with Gasteiger partial charge in [0.2, 0.25) is 0 Å². The van der Waals surface area contributed by atoms with Crippen LogP contribution in [0.2, 0.25) is 0 Å². The lowest BCUT2D eigenvalue weighted by Crippen LogP contribution is -2.28. The Balaban J connectivity index is 2.06. The molecule has 0 spiro atoms. The average Bonchev–Trinajstić information content (AvgIpc) is 2.95. The lowest BCUT2D eigenvalue weighted by molar-refractivity contribution is 0.0878. The molecule has 0 radical (unpaired) electrons. The van der Waals surface area contributed by atoms with E-state index in [9.17, 15) is 0 Å². The van der Waals surface area contributed by atoms with E-state index in [1.165, 1.54) is 7.11 Å². The van der Waals surface area contributed by atoms with E-state index >= 15 is 0 Å². The molecule has 122 valence electrons. The summed E-state index contributed by atoms with van der Waals surface area (Å²) in [5.74, 6) is 0.511. The lowest BCUT2D eigenvalue weighted by Gasteiger charge is -2.30. The molecule has 1 aliphatic rings. The predicted molar refractivity (Wildman–Crippen MR) is 92.4 cm³/mol. The average molecular weight is 320 g/mol. The van der Waals surface area contributed by atoms with Gasteiger partial charge in [0.1, 0.15) is 7.11 Å². The molecular formula is C20H20N2O2. The highest BCUT2D eigenvalue weighted by molar-refractivity contribution is 5.99. The highest BCUT2D eigenvalue weighted by Gasteiger charge is 2.45. The molecule has 4 heteroatoms. The monoisotopic (exact) mass is 320 g/mol. The van der Waals surface area contributed by atoms with E-state index < -0.39 is 5.60 Å². The van der Waals surface area contributed by atoms with Crippen LogP contribution in [-0.4, -0.2) is 13.0 Å². The van der Waals surface area contributed by atoms with Crippen LogP contribution in [0, 0.1) is 11.3 Å². The fourth-order valence-corrected chi connectivity index (χ4v) is 3.28. The Morgan fingerprint density at radius 2 is 1.83 bits per heavy atom. The van der Waals surface area contributed by atoms with Crippen LogP contribution >= 0.6 is 0 Å². The van der Waals surface area contributed by atoms with Crippen molar-refractivity contribution >= 4 is 5.90 Å².